The first kappa shape index (κ1) is 10.7. The molecule has 0 spiro atoms. The highest BCUT2D eigenvalue weighted by atomic mass is 79.9. The van der Waals surface area contributed by atoms with Gasteiger partial charge in [0.25, 0.3) is 0 Å². The Bertz CT molecular complexity index is 311. The summed E-state index contributed by atoms with van der Waals surface area (Å²) in [5, 5.41) is 0. The molecular formula is C10H7Br2O. The second kappa shape index (κ2) is 5.35. The van der Waals surface area contributed by atoms with Crippen molar-refractivity contribution in [2.24, 2.45) is 0 Å². The molecule has 1 rings (SSSR count). The molecule has 0 aliphatic heterocycles. The van der Waals surface area contributed by atoms with Gasteiger partial charge in [-0.1, -0.05) is 44.0 Å². The minimum absolute atomic E-state index is 0.337. The van der Waals surface area contributed by atoms with Gasteiger partial charge in [0.1, 0.15) is 0 Å². The summed E-state index contributed by atoms with van der Waals surface area (Å²) in [7, 11) is 0. The molecule has 0 saturated carbocycles. The van der Waals surface area contributed by atoms with E-state index in [0.29, 0.717) is 6.42 Å². The molecule has 0 saturated heterocycles. The standard InChI is InChI=1S/C10H7Br2O/c11-9-5-8(3-1-2-4-13)6-10(12)7-9/h1,3,5-7H,2H2/b3-1+. The van der Waals surface area contributed by atoms with Crippen LogP contribution in [0.3, 0.4) is 0 Å². The van der Waals surface area contributed by atoms with Crippen LogP contribution in [0.5, 0.6) is 0 Å². The van der Waals surface area contributed by atoms with Gasteiger partial charge in [-0.05, 0) is 23.8 Å². The van der Waals surface area contributed by atoms with Crippen molar-refractivity contribution in [1.29, 1.82) is 0 Å². The Balaban J connectivity index is 2.82. The summed E-state index contributed by atoms with van der Waals surface area (Å²) in [5.74, 6) is 0. The molecule has 0 aliphatic carbocycles. The van der Waals surface area contributed by atoms with Crippen molar-refractivity contribution in [2.75, 3.05) is 0 Å². The topological polar surface area (TPSA) is 17.1 Å². The fourth-order valence-electron chi connectivity index (χ4n) is 0.915. The molecule has 13 heavy (non-hydrogen) atoms. The molecule has 1 nitrogen and oxygen atoms in total. The number of allylic oxidation sites excluding steroid dienone is 1. The maximum absolute atomic E-state index is 9.93. The third-order valence-corrected chi connectivity index (χ3v) is 2.31. The van der Waals surface area contributed by atoms with E-state index in [1.54, 1.807) is 12.4 Å². The van der Waals surface area contributed by atoms with Crippen LogP contribution in [0, 0.1) is 0 Å². The van der Waals surface area contributed by atoms with Gasteiger partial charge in [-0.2, -0.15) is 0 Å². The molecule has 0 bridgehead atoms. The molecule has 0 aliphatic rings. The van der Waals surface area contributed by atoms with Gasteiger partial charge in [-0.3, -0.25) is 4.79 Å². The molecule has 0 N–H and O–H groups in total. The number of rotatable bonds is 3. The smallest absolute Gasteiger partial charge is 0.202 e. The normalized spacial score (nSPS) is 10.6. The predicted molar refractivity (Wildman–Crippen MR) is 61.2 cm³/mol. The minimum atomic E-state index is 0.337. The molecule has 1 radical (unpaired) electrons. The second-order valence-corrected chi connectivity index (χ2v) is 4.28. The fourth-order valence-corrected chi connectivity index (χ4v) is 2.24. The maximum atomic E-state index is 9.93. The zero-order chi connectivity index (χ0) is 9.68. The lowest BCUT2D eigenvalue weighted by atomic mass is 10.2. The highest BCUT2D eigenvalue weighted by molar-refractivity contribution is 9.11. The third kappa shape index (κ3) is 3.87. The van der Waals surface area contributed by atoms with Crippen LogP contribution in [0.15, 0.2) is 33.2 Å². The van der Waals surface area contributed by atoms with E-state index in [-0.39, 0.29) is 0 Å². The van der Waals surface area contributed by atoms with Gasteiger partial charge in [0.05, 0.1) is 0 Å². The molecule has 0 amide bonds. The monoisotopic (exact) mass is 301 g/mol. The average molecular weight is 303 g/mol. The average Bonchev–Trinajstić information content (AvgIpc) is 2.03. The summed E-state index contributed by atoms with van der Waals surface area (Å²) >= 11 is 6.76. The first-order valence-electron chi connectivity index (χ1n) is 3.70. The summed E-state index contributed by atoms with van der Waals surface area (Å²) in [6.45, 7) is 0. The van der Waals surface area contributed by atoms with E-state index in [2.05, 4.69) is 31.9 Å². The lowest BCUT2D eigenvalue weighted by Gasteiger charge is -1.96. The Morgan fingerprint density at radius 1 is 1.23 bits per heavy atom. The highest BCUT2D eigenvalue weighted by Gasteiger charge is 1.93. The number of hydrogen-bond acceptors (Lipinski definition) is 1. The molecule has 0 unspecified atom stereocenters. The van der Waals surface area contributed by atoms with Crippen molar-refractivity contribution in [2.45, 2.75) is 6.42 Å². The van der Waals surface area contributed by atoms with E-state index in [0.717, 1.165) is 14.5 Å². The lowest BCUT2D eigenvalue weighted by molar-refractivity contribution is 0.556. The van der Waals surface area contributed by atoms with Gasteiger partial charge in [-0.25, -0.2) is 0 Å². The Kier molecular flexibility index (Phi) is 4.39. The quantitative estimate of drug-likeness (QED) is 0.831. The van der Waals surface area contributed by atoms with Crippen LogP contribution in [0.25, 0.3) is 6.08 Å². The number of benzene rings is 1. The van der Waals surface area contributed by atoms with Gasteiger partial charge >= 0.3 is 0 Å². The molecular weight excluding hydrogens is 296 g/mol. The number of carbonyl (C=O) groups excluding carboxylic acids is 1. The molecule has 0 fully saturated rings. The van der Waals surface area contributed by atoms with Crippen LogP contribution < -0.4 is 0 Å². The van der Waals surface area contributed by atoms with Gasteiger partial charge < -0.3 is 0 Å². The van der Waals surface area contributed by atoms with Gasteiger partial charge in [-0.15, -0.1) is 0 Å². The van der Waals surface area contributed by atoms with Crippen molar-refractivity contribution in [3.8, 4) is 0 Å². The summed E-state index contributed by atoms with van der Waals surface area (Å²) in [5.41, 5.74) is 1.05. The first-order valence-corrected chi connectivity index (χ1v) is 5.28. The lowest BCUT2D eigenvalue weighted by Crippen LogP contribution is -1.74. The van der Waals surface area contributed by atoms with Crippen LogP contribution in [0.4, 0.5) is 0 Å². The zero-order valence-electron chi connectivity index (χ0n) is 6.76. The predicted octanol–water partition coefficient (Wildman–Crippen LogP) is 3.72. The number of halogens is 2. The van der Waals surface area contributed by atoms with Crippen LogP contribution in [-0.4, -0.2) is 6.29 Å². The van der Waals surface area contributed by atoms with Crippen LogP contribution >= 0.6 is 31.9 Å². The van der Waals surface area contributed by atoms with Crippen molar-refractivity contribution in [1.82, 2.24) is 0 Å². The van der Waals surface area contributed by atoms with Gasteiger partial charge in [0, 0.05) is 15.4 Å². The molecule has 1 aromatic carbocycles. The third-order valence-electron chi connectivity index (χ3n) is 1.40. The molecule has 0 aromatic heterocycles. The van der Waals surface area contributed by atoms with Crippen molar-refractivity contribution < 1.29 is 4.79 Å². The summed E-state index contributed by atoms with van der Waals surface area (Å²) in [4.78, 5) is 9.93. The van der Waals surface area contributed by atoms with Gasteiger partial charge in [0.2, 0.25) is 6.29 Å². The van der Waals surface area contributed by atoms with E-state index < -0.39 is 0 Å². The Morgan fingerprint density at radius 2 is 1.85 bits per heavy atom. The Morgan fingerprint density at radius 3 is 2.38 bits per heavy atom. The fraction of sp³-hybridized carbons (Fsp3) is 0.100. The molecule has 0 heterocycles. The van der Waals surface area contributed by atoms with Crippen molar-refractivity contribution in [3.63, 3.8) is 0 Å². The maximum Gasteiger partial charge on any atom is 0.202 e. The molecule has 1 aromatic rings. The highest BCUT2D eigenvalue weighted by Crippen LogP contribution is 2.20. The van der Waals surface area contributed by atoms with Crippen LogP contribution in [0.2, 0.25) is 0 Å². The second-order valence-electron chi connectivity index (χ2n) is 2.45. The first-order chi connectivity index (χ1) is 6.22. The summed E-state index contributed by atoms with van der Waals surface area (Å²) < 4.78 is 2.02. The molecule has 3 heteroatoms. The van der Waals surface area contributed by atoms with E-state index in [1.807, 2.05) is 24.3 Å². The summed E-state index contributed by atoms with van der Waals surface area (Å²) in [6, 6.07) is 5.92. The Labute approximate surface area is 94.1 Å². The minimum Gasteiger partial charge on any atom is -0.291 e. The number of hydrogen-bond donors (Lipinski definition) is 0. The molecule has 0 atom stereocenters. The van der Waals surface area contributed by atoms with E-state index in [9.17, 15) is 4.79 Å². The van der Waals surface area contributed by atoms with Crippen LogP contribution in [-0.2, 0) is 4.79 Å². The van der Waals surface area contributed by atoms with Crippen molar-refractivity contribution >= 4 is 44.2 Å². The largest absolute Gasteiger partial charge is 0.291 e. The van der Waals surface area contributed by atoms with E-state index in [4.69, 9.17) is 0 Å². The van der Waals surface area contributed by atoms with Gasteiger partial charge in [0.15, 0.2) is 0 Å². The summed E-state index contributed by atoms with van der Waals surface area (Å²) in [6.07, 6.45) is 5.81. The zero-order valence-corrected chi connectivity index (χ0v) is 9.93. The van der Waals surface area contributed by atoms with Crippen molar-refractivity contribution in [3.05, 3.63) is 38.8 Å². The van der Waals surface area contributed by atoms with E-state index >= 15 is 0 Å². The Hall–Kier alpha value is -0.410. The SMILES string of the molecule is O=[C]C/C=C/c1cc(Br)cc(Br)c1. The van der Waals surface area contributed by atoms with Crippen LogP contribution in [0.1, 0.15) is 12.0 Å². The van der Waals surface area contributed by atoms with E-state index in [1.165, 1.54) is 0 Å². The molecule has 67 valence electrons.